The Morgan fingerprint density at radius 2 is 1.89 bits per heavy atom. The average Bonchev–Trinajstić information content (AvgIpc) is 3.12. The molecule has 0 aliphatic carbocycles. The number of anilines is 3. The smallest absolute Gasteiger partial charge is 0.326 e. The number of H-pyrrole nitrogens is 1. The molecule has 0 spiro atoms. The third-order valence-electron chi connectivity index (χ3n) is 4.15. The van der Waals surface area contributed by atoms with Gasteiger partial charge in [0, 0.05) is 28.8 Å². The van der Waals surface area contributed by atoms with Crippen molar-refractivity contribution in [3.05, 3.63) is 54.4 Å². The van der Waals surface area contributed by atoms with Crippen molar-refractivity contribution in [1.29, 1.82) is 0 Å². The van der Waals surface area contributed by atoms with Gasteiger partial charge in [0.1, 0.15) is 0 Å². The van der Waals surface area contributed by atoms with Crippen molar-refractivity contribution in [2.45, 2.75) is 19.3 Å². The van der Waals surface area contributed by atoms with Crippen LogP contribution in [0, 0.1) is 0 Å². The minimum Gasteiger partial charge on any atom is -0.395 e. The number of rotatable bonds is 5. The molecule has 0 radical (unpaired) electrons. The highest BCUT2D eigenvalue weighted by molar-refractivity contribution is 5.99. The highest BCUT2D eigenvalue weighted by Gasteiger charge is 2.24. The number of hydrogen-bond acceptors (Lipinski definition) is 5. The van der Waals surface area contributed by atoms with E-state index in [1.165, 1.54) is 0 Å². The first-order valence-corrected chi connectivity index (χ1v) is 8.41. The minimum atomic E-state index is -0.546. The van der Waals surface area contributed by atoms with Gasteiger partial charge in [0.05, 0.1) is 18.5 Å². The van der Waals surface area contributed by atoms with E-state index in [-0.39, 0.29) is 12.5 Å². The van der Waals surface area contributed by atoms with Crippen molar-refractivity contribution >= 4 is 23.4 Å². The van der Waals surface area contributed by atoms with Crippen LogP contribution in [0.5, 0.6) is 0 Å². The number of amides is 2. The summed E-state index contributed by atoms with van der Waals surface area (Å²) in [5.74, 6) is 0.796. The molecule has 0 aliphatic rings. The Balaban J connectivity index is 1.62. The van der Waals surface area contributed by atoms with E-state index in [1.54, 1.807) is 24.3 Å². The van der Waals surface area contributed by atoms with Gasteiger partial charge in [0.25, 0.3) is 5.82 Å². The molecule has 0 unspecified atom stereocenters. The van der Waals surface area contributed by atoms with Gasteiger partial charge in [-0.15, -0.1) is 0 Å². The lowest BCUT2D eigenvalue weighted by molar-refractivity contribution is -0.359. The third-order valence-corrected chi connectivity index (χ3v) is 4.15. The molecule has 140 valence electrons. The normalized spacial score (nSPS) is 11.2. The quantitative estimate of drug-likeness (QED) is 0.550. The van der Waals surface area contributed by atoms with Crippen LogP contribution >= 0.6 is 0 Å². The van der Waals surface area contributed by atoms with Crippen LogP contribution in [-0.2, 0) is 5.41 Å². The van der Waals surface area contributed by atoms with Crippen LogP contribution in [0.1, 0.15) is 19.5 Å². The number of nitrogens with one attached hydrogen (secondary N) is 3. The number of aromatic nitrogens is 2. The molecular formula is C19H22N5O3+. The van der Waals surface area contributed by atoms with Crippen molar-refractivity contribution in [3.63, 3.8) is 0 Å². The van der Waals surface area contributed by atoms with Crippen LogP contribution in [0.3, 0.4) is 0 Å². The highest BCUT2D eigenvalue weighted by atomic mass is 16.5. The van der Waals surface area contributed by atoms with Gasteiger partial charge < -0.3 is 14.9 Å². The second-order valence-electron chi connectivity index (χ2n) is 6.81. The molecule has 8 heteroatoms. The number of nitrogen functional groups attached to an aromatic ring is 1. The van der Waals surface area contributed by atoms with E-state index in [0.717, 1.165) is 11.1 Å². The van der Waals surface area contributed by atoms with Crippen LogP contribution in [0.4, 0.5) is 22.2 Å². The molecule has 0 bridgehead atoms. The second-order valence-corrected chi connectivity index (χ2v) is 6.81. The van der Waals surface area contributed by atoms with Crippen LogP contribution in [0.15, 0.2) is 53.2 Å². The Morgan fingerprint density at radius 1 is 1.19 bits per heavy atom. The summed E-state index contributed by atoms with van der Waals surface area (Å²) < 4.78 is 5.10. The zero-order chi connectivity index (χ0) is 19.4. The third kappa shape index (κ3) is 4.42. The zero-order valence-electron chi connectivity index (χ0n) is 15.1. The molecule has 3 aromatic rings. The van der Waals surface area contributed by atoms with E-state index in [9.17, 15) is 9.90 Å². The van der Waals surface area contributed by atoms with Gasteiger partial charge in [0.2, 0.25) is 5.88 Å². The van der Waals surface area contributed by atoms with E-state index in [0.29, 0.717) is 17.2 Å². The van der Waals surface area contributed by atoms with Gasteiger partial charge in [0.15, 0.2) is 0 Å². The second kappa shape index (κ2) is 7.46. The summed E-state index contributed by atoms with van der Waals surface area (Å²) in [6.45, 7) is 3.58. The standard InChI is InChI=1S/C19H21N5O3/c1-19(2,11-25)15-9-17(27-24-15)23-18(26)22-14-6-3-12(4-7-14)13-5-8-16(20)21-10-13/h3-10,25H,11H2,1-2H3,(H2,20,21)(H2,22,23,26)/p+1. The lowest BCUT2D eigenvalue weighted by atomic mass is 9.91. The number of carbonyl (C=O) groups is 1. The lowest BCUT2D eigenvalue weighted by Gasteiger charge is -2.16. The number of aliphatic hydroxyl groups is 1. The van der Waals surface area contributed by atoms with E-state index < -0.39 is 11.4 Å². The molecule has 3 rings (SSSR count). The predicted molar refractivity (Wildman–Crippen MR) is 102 cm³/mol. The Morgan fingerprint density at radius 3 is 2.52 bits per heavy atom. The molecule has 2 heterocycles. The Bertz CT molecular complexity index is 917. The molecule has 1 aromatic carbocycles. The molecule has 8 nitrogen and oxygen atoms in total. The van der Waals surface area contributed by atoms with Crippen LogP contribution in [0.25, 0.3) is 11.1 Å². The van der Waals surface area contributed by atoms with Gasteiger partial charge in [-0.1, -0.05) is 31.1 Å². The molecule has 0 atom stereocenters. The van der Waals surface area contributed by atoms with Gasteiger partial charge in [-0.2, -0.15) is 0 Å². The first-order valence-electron chi connectivity index (χ1n) is 8.41. The van der Waals surface area contributed by atoms with Crippen molar-refractivity contribution in [2.75, 3.05) is 23.0 Å². The summed E-state index contributed by atoms with van der Waals surface area (Å²) in [6, 6.07) is 12.2. The first-order chi connectivity index (χ1) is 12.9. The molecule has 0 fully saturated rings. The Hall–Kier alpha value is -3.39. The van der Waals surface area contributed by atoms with Gasteiger partial charge in [-0.05, 0) is 23.8 Å². The molecule has 6 N–H and O–H groups in total. The molecule has 2 amide bonds. The van der Waals surface area contributed by atoms with Crippen molar-refractivity contribution < 1.29 is 19.4 Å². The molecule has 0 aliphatic heterocycles. The Kier molecular flexibility index (Phi) is 5.09. The fourth-order valence-electron chi connectivity index (χ4n) is 2.37. The number of pyridine rings is 1. The number of hydrogen-bond donors (Lipinski definition) is 4. The largest absolute Gasteiger partial charge is 0.395 e. The first kappa shape index (κ1) is 18.4. The van der Waals surface area contributed by atoms with Crippen molar-refractivity contribution in [3.8, 4) is 11.1 Å². The molecular weight excluding hydrogens is 346 g/mol. The van der Waals surface area contributed by atoms with E-state index >= 15 is 0 Å². The van der Waals surface area contributed by atoms with Crippen LogP contribution < -0.4 is 21.4 Å². The molecule has 2 aromatic heterocycles. The van der Waals surface area contributed by atoms with Gasteiger partial charge in [-0.25, -0.2) is 9.78 Å². The highest BCUT2D eigenvalue weighted by Crippen LogP contribution is 2.24. The monoisotopic (exact) mass is 368 g/mol. The number of urea groups is 1. The topological polar surface area (TPSA) is 128 Å². The lowest BCUT2D eigenvalue weighted by Crippen LogP contribution is -2.22. The predicted octanol–water partition coefficient (Wildman–Crippen LogP) is 2.65. The summed E-state index contributed by atoms with van der Waals surface area (Å²) >= 11 is 0. The summed E-state index contributed by atoms with van der Waals surface area (Å²) in [7, 11) is 0. The summed E-state index contributed by atoms with van der Waals surface area (Å²) in [5.41, 5.74) is 8.27. The van der Waals surface area contributed by atoms with Crippen LogP contribution in [-0.4, -0.2) is 22.9 Å². The summed E-state index contributed by atoms with van der Waals surface area (Å²) in [4.78, 5) is 15.1. The molecule has 27 heavy (non-hydrogen) atoms. The number of nitrogens with zero attached hydrogens (tertiary/aromatic N) is 1. The van der Waals surface area contributed by atoms with E-state index in [2.05, 4.69) is 20.8 Å². The SMILES string of the molecule is CC(C)(CO)c1cc(NC(=O)Nc2ccc(-c3ccc(N)[nH+]c3)cc2)on1. The molecule has 0 saturated heterocycles. The maximum absolute atomic E-state index is 12.1. The molecule has 0 saturated carbocycles. The minimum absolute atomic E-state index is 0.0801. The maximum Gasteiger partial charge on any atom is 0.326 e. The van der Waals surface area contributed by atoms with E-state index in [1.807, 2.05) is 38.2 Å². The van der Waals surface area contributed by atoms with Crippen molar-refractivity contribution in [2.24, 2.45) is 0 Å². The maximum atomic E-state index is 12.1. The number of aromatic amines is 1. The van der Waals surface area contributed by atoms with E-state index in [4.69, 9.17) is 10.3 Å². The van der Waals surface area contributed by atoms with Gasteiger partial charge in [-0.3, -0.25) is 11.1 Å². The number of benzene rings is 1. The number of nitrogens with two attached hydrogens (primary N) is 1. The summed E-state index contributed by atoms with van der Waals surface area (Å²) in [5, 5.41) is 18.5. The van der Waals surface area contributed by atoms with Crippen molar-refractivity contribution in [1.82, 2.24) is 5.16 Å². The average molecular weight is 368 g/mol. The fourth-order valence-corrected chi connectivity index (χ4v) is 2.37. The zero-order valence-corrected chi connectivity index (χ0v) is 15.1. The fraction of sp³-hybridized carbons (Fsp3) is 0.211. The van der Waals surface area contributed by atoms with Crippen LogP contribution in [0.2, 0.25) is 0 Å². The summed E-state index contributed by atoms with van der Waals surface area (Å²) in [6.07, 6.45) is 1.82. The number of carbonyl (C=O) groups excluding carboxylic acids is 1. The Labute approximate surface area is 156 Å². The number of aliphatic hydroxyl groups excluding tert-OH is 1. The van der Waals surface area contributed by atoms with Gasteiger partial charge >= 0.3 is 6.03 Å².